The number of fused-ring (bicyclic) bond motifs is 1. The van der Waals surface area contributed by atoms with Gasteiger partial charge in [0, 0.05) is 23.5 Å². The fraction of sp³-hybridized carbons (Fsp3) is 0.0714. The van der Waals surface area contributed by atoms with Crippen molar-refractivity contribution >= 4 is 22.7 Å². The lowest BCUT2D eigenvalue weighted by atomic mass is 10.2. The van der Waals surface area contributed by atoms with Gasteiger partial charge in [-0.15, -0.1) is 13.2 Å². The monoisotopic (exact) mass is 355 g/mol. The molecule has 1 aromatic carbocycles. The van der Waals surface area contributed by atoms with Crippen LogP contribution in [0.15, 0.2) is 41.9 Å². The Morgan fingerprint density at radius 1 is 1.24 bits per heavy atom. The summed E-state index contributed by atoms with van der Waals surface area (Å²) in [4.78, 5) is 10.7. The fourth-order valence-corrected chi connectivity index (χ4v) is 2.11. The summed E-state index contributed by atoms with van der Waals surface area (Å²) in [6, 6.07) is 4.24. The molecule has 11 heteroatoms. The van der Waals surface area contributed by atoms with Gasteiger partial charge in [0.1, 0.15) is 0 Å². The minimum Gasteiger partial charge on any atom is -0.409 e. The molecule has 0 aliphatic heterocycles. The summed E-state index contributed by atoms with van der Waals surface area (Å²) in [6.07, 6.45) is -2.25. The maximum atomic E-state index is 13.5. The van der Waals surface area contributed by atoms with Crippen LogP contribution in [-0.2, 0) is 0 Å². The summed E-state index contributed by atoms with van der Waals surface area (Å²) in [7, 11) is 0. The third-order valence-electron chi connectivity index (χ3n) is 3.10. The predicted molar refractivity (Wildman–Crippen MR) is 78.9 cm³/mol. The highest BCUT2D eigenvalue weighted by molar-refractivity contribution is 6.13. The first kappa shape index (κ1) is 16.5. The highest BCUT2D eigenvalue weighted by atomic mass is 19.4. The number of H-pyrrole nitrogens is 1. The molecule has 7 nitrogen and oxygen atoms in total. The third kappa shape index (κ3) is 3.59. The zero-order valence-electron chi connectivity index (χ0n) is 12.2. The van der Waals surface area contributed by atoms with Crippen molar-refractivity contribution in [3.63, 3.8) is 0 Å². The van der Waals surface area contributed by atoms with Gasteiger partial charge in [-0.2, -0.15) is 0 Å². The molecule has 0 unspecified atom stereocenters. The molecule has 0 fully saturated rings. The van der Waals surface area contributed by atoms with Crippen LogP contribution in [0.2, 0.25) is 0 Å². The predicted octanol–water partition coefficient (Wildman–Crippen LogP) is 3.24. The molecule has 2 aromatic heterocycles. The Morgan fingerprint density at radius 2 is 2.04 bits per heavy atom. The minimum atomic E-state index is -5.04. The molecular formula is C14H9F4N5O2. The molecule has 0 saturated heterocycles. The number of rotatable bonds is 3. The number of hydrogen-bond donors (Lipinski definition) is 3. The first-order valence-corrected chi connectivity index (χ1v) is 6.70. The SMILES string of the molecule is O/N=C(\Nc1ccc(F)c(OC(F)(F)F)c1)c1ccnc2nc[nH]c12. The lowest BCUT2D eigenvalue weighted by Gasteiger charge is -2.13. The molecule has 0 atom stereocenters. The smallest absolute Gasteiger partial charge is 0.409 e. The summed E-state index contributed by atoms with van der Waals surface area (Å²) >= 11 is 0. The van der Waals surface area contributed by atoms with Gasteiger partial charge in [-0.3, -0.25) is 0 Å². The Hall–Kier alpha value is -3.37. The summed E-state index contributed by atoms with van der Waals surface area (Å²) in [5, 5.41) is 14.9. The number of aromatic nitrogens is 3. The molecule has 25 heavy (non-hydrogen) atoms. The van der Waals surface area contributed by atoms with Gasteiger partial charge >= 0.3 is 6.36 Å². The second-order valence-corrected chi connectivity index (χ2v) is 4.73. The van der Waals surface area contributed by atoms with Gasteiger partial charge in [0.15, 0.2) is 23.0 Å². The zero-order valence-corrected chi connectivity index (χ0v) is 12.2. The molecule has 130 valence electrons. The van der Waals surface area contributed by atoms with Gasteiger partial charge in [0.2, 0.25) is 0 Å². The molecule has 0 aliphatic rings. The molecule has 0 amide bonds. The topological polar surface area (TPSA) is 95.4 Å². The first-order valence-electron chi connectivity index (χ1n) is 6.70. The van der Waals surface area contributed by atoms with E-state index < -0.39 is 17.9 Å². The summed E-state index contributed by atoms with van der Waals surface area (Å²) in [5.74, 6) is -2.32. The number of alkyl halides is 3. The number of hydrogen-bond acceptors (Lipinski definition) is 5. The summed E-state index contributed by atoms with van der Waals surface area (Å²) in [6.45, 7) is 0. The molecule has 0 aliphatic carbocycles. The van der Waals surface area contributed by atoms with Crippen molar-refractivity contribution in [2.24, 2.45) is 5.16 Å². The Bertz CT molecular complexity index is 938. The number of halogens is 4. The minimum absolute atomic E-state index is 0.0120. The fourth-order valence-electron chi connectivity index (χ4n) is 2.11. The van der Waals surface area contributed by atoms with Crippen molar-refractivity contribution in [2.75, 3.05) is 5.32 Å². The van der Waals surface area contributed by atoms with E-state index in [2.05, 4.69) is 30.2 Å². The van der Waals surface area contributed by atoms with Crippen LogP contribution in [0.4, 0.5) is 23.2 Å². The highest BCUT2D eigenvalue weighted by Crippen LogP contribution is 2.28. The van der Waals surface area contributed by atoms with Crippen LogP contribution in [0.3, 0.4) is 0 Å². The Morgan fingerprint density at radius 3 is 2.76 bits per heavy atom. The van der Waals surface area contributed by atoms with E-state index in [1.165, 1.54) is 18.6 Å². The second kappa shape index (κ2) is 6.26. The number of imidazole rings is 1. The quantitative estimate of drug-likeness (QED) is 0.220. The average Bonchev–Trinajstić information content (AvgIpc) is 3.03. The van der Waals surface area contributed by atoms with Crippen molar-refractivity contribution in [1.29, 1.82) is 0 Å². The molecule has 0 bridgehead atoms. The van der Waals surface area contributed by atoms with E-state index in [1.807, 2.05) is 0 Å². The van der Waals surface area contributed by atoms with Crippen LogP contribution in [0.1, 0.15) is 5.56 Å². The number of pyridine rings is 1. The standard InChI is InChI=1S/C14H9F4N5O2/c15-9-2-1-7(5-10(9)25-14(16,17)18)22-12(23-24)8-3-4-19-13-11(8)20-6-21-13/h1-6,24H,(H,22,23)(H,19,20,21). The summed E-state index contributed by atoms with van der Waals surface area (Å²) in [5.41, 5.74) is 1.16. The number of nitrogens with one attached hydrogen (secondary N) is 2. The molecule has 3 rings (SSSR count). The number of oxime groups is 1. The lowest BCUT2D eigenvalue weighted by Crippen LogP contribution is -2.19. The van der Waals surface area contributed by atoms with Gasteiger partial charge < -0.3 is 20.2 Å². The Kier molecular flexibility index (Phi) is 4.13. The molecule has 0 spiro atoms. The lowest BCUT2D eigenvalue weighted by molar-refractivity contribution is -0.275. The van der Waals surface area contributed by atoms with Gasteiger partial charge in [-0.25, -0.2) is 14.4 Å². The number of anilines is 1. The molecule has 0 saturated carbocycles. The second-order valence-electron chi connectivity index (χ2n) is 4.73. The van der Waals surface area contributed by atoms with Gasteiger partial charge in [-0.05, 0) is 18.2 Å². The average molecular weight is 355 g/mol. The number of ether oxygens (including phenoxy) is 1. The van der Waals surface area contributed by atoms with Gasteiger partial charge in [0.05, 0.1) is 11.8 Å². The maximum absolute atomic E-state index is 13.5. The van der Waals surface area contributed by atoms with Crippen LogP contribution in [0.5, 0.6) is 5.75 Å². The number of amidine groups is 1. The Labute approximate surface area is 137 Å². The van der Waals surface area contributed by atoms with E-state index in [0.717, 1.165) is 18.2 Å². The third-order valence-corrected chi connectivity index (χ3v) is 3.10. The van der Waals surface area contributed by atoms with Crippen LogP contribution in [0.25, 0.3) is 11.2 Å². The molecule has 3 aromatic rings. The van der Waals surface area contributed by atoms with Crippen LogP contribution in [0, 0.1) is 5.82 Å². The first-order chi connectivity index (χ1) is 11.9. The van der Waals surface area contributed by atoms with E-state index in [0.29, 0.717) is 16.7 Å². The van der Waals surface area contributed by atoms with Gasteiger partial charge in [0.25, 0.3) is 0 Å². The van der Waals surface area contributed by atoms with Crippen LogP contribution < -0.4 is 10.1 Å². The van der Waals surface area contributed by atoms with E-state index in [9.17, 15) is 22.8 Å². The van der Waals surface area contributed by atoms with Crippen molar-refractivity contribution in [2.45, 2.75) is 6.36 Å². The van der Waals surface area contributed by atoms with Crippen LogP contribution in [-0.4, -0.2) is 32.4 Å². The molecule has 3 N–H and O–H groups in total. The van der Waals surface area contributed by atoms with Gasteiger partial charge in [-0.1, -0.05) is 5.16 Å². The molecule has 2 heterocycles. The Balaban J connectivity index is 1.93. The van der Waals surface area contributed by atoms with E-state index >= 15 is 0 Å². The summed E-state index contributed by atoms with van der Waals surface area (Å²) < 4.78 is 53.9. The molecule has 0 radical (unpaired) electrons. The highest BCUT2D eigenvalue weighted by Gasteiger charge is 2.32. The maximum Gasteiger partial charge on any atom is 0.573 e. The normalized spacial score (nSPS) is 12.4. The van der Waals surface area contributed by atoms with Crippen LogP contribution >= 0.6 is 0 Å². The number of aromatic amines is 1. The zero-order chi connectivity index (χ0) is 18.0. The van der Waals surface area contributed by atoms with Crippen molar-refractivity contribution < 1.29 is 27.5 Å². The van der Waals surface area contributed by atoms with Crippen molar-refractivity contribution in [3.8, 4) is 5.75 Å². The number of nitrogens with zero attached hydrogens (tertiary/aromatic N) is 3. The van der Waals surface area contributed by atoms with Crippen molar-refractivity contribution in [3.05, 3.63) is 48.2 Å². The van der Waals surface area contributed by atoms with E-state index in [4.69, 9.17) is 0 Å². The largest absolute Gasteiger partial charge is 0.573 e. The molecular weight excluding hydrogens is 346 g/mol. The van der Waals surface area contributed by atoms with E-state index in [1.54, 1.807) is 0 Å². The number of benzene rings is 1. The van der Waals surface area contributed by atoms with E-state index in [-0.39, 0.29) is 11.5 Å². The van der Waals surface area contributed by atoms with Crippen molar-refractivity contribution in [1.82, 2.24) is 15.0 Å².